The first kappa shape index (κ1) is 7.21. The van der Waals surface area contributed by atoms with Crippen LogP contribution in [0.2, 0.25) is 0 Å². The van der Waals surface area contributed by atoms with Crippen molar-refractivity contribution in [2.75, 3.05) is 6.54 Å². The van der Waals surface area contributed by atoms with Gasteiger partial charge >= 0.3 is 0 Å². The van der Waals surface area contributed by atoms with Gasteiger partial charge in [-0.05, 0) is 19.4 Å². The lowest BCUT2D eigenvalue weighted by Crippen LogP contribution is -2.03. The van der Waals surface area contributed by atoms with Crippen LogP contribution in [-0.2, 0) is 6.54 Å². The summed E-state index contributed by atoms with van der Waals surface area (Å²) in [5, 5.41) is 7.50. The summed E-state index contributed by atoms with van der Waals surface area (Å²) >= 11 is 0. The van der Waals surface area contributed by atoms with Gasteiger partial charge in [-0.3, -0.25) is 4.68 Å². The predicted octanol–water partition coefficient (Wildman–Crippen LogP) is 0.0170. The van der Waals surface area contributed by atoms with E-state index in [1.165, 1.54) is 0 Å². The average Bonchev–Trinajstić information content (AvgIpc) is 2.41. The Bertz CT molecular complexity index is 158. The van der Waals surface area contributed by atoms with Crippen molar-refractivity contribution in [3.63, 3.8) is 0 Å². The Morgan fingerprint density at radius 3 is 2.90 bits per heavy atom. The Morgan fingerprint density at radius 1 is 1.40 bits per heavy atom. The highest BCUT2D eigenvalue weighted by atomic mass is 15.4. The molecule has 0 amide bonds. The largest absolute Gasteiger partial charge is 0.330 e. The van der Waals surface area contributed by atoms with E-state index in [9.17, 15) is 0 Å². The van der Waals surface area contributed by atoms with Crippen molar-refractivity contribution in [1.82, 2.24) is 15.0 Å². The number of rotatable bonds is 4. The highest BCUT2D eigenvalue weighted by Gasteiger charge is 1.88. The maximum Gasteiger partial charge on any atom is 0.0692 e. The van der Waals surface area contributed by atoms with Gasteiger partial charge in [0.05, 0.1) is 6.20 Å². The third-order valence-electron chi connectivity index (χ3n) is 1.31. The molecule has 2 N–H and O–H groups in total. The first-order chi connectivity index (χ1) is 4.93. The second kappa shape index (κ2) is 4.00. The van der Waals surface area contributed by atoms with Gasteiger partial charge in [0.1, 0.15) is 0 Å². The van der Waals surface area contributed by atoms with E-state index in [0.29, 0.717) is 0 Å². The van der Waals surface area contributed by atoms with Crippen LogP contribution < -0.4 is 5.73 Å². The molecule has 4 heteroatoms. The predicted molar refractivity (Wildman–Crippen MR) is 38.3 cm³/mol. The Kier molecular flexibility index (Phi) is 2.89. The molecule has 56 valence electrons. The number of hydrogen-bond acceptors (Lipinski definition) is 3. The Labute approximate surface area is 60.0 Å². The summed E-state index contributed by atoms with van der Waals surface area (Å²) in [5.74, 6) is 0. The zero-order valence-electron chi connectivity index (χ0n) is 5.90. The lowest BCUT2D eigenvalue weighted by molar-refractivity contribution is 0.544. The summed E-state index contributed by atoms with van der Waals surface area (Å²) in [4.78, 5) is 0. The van der Waals surface area contributed by atoms with Crippen LogP contribution in [0.5, 0.6) is 0 Å². The molecule has 0 saturated heterocycles. The number of aryl methyl sites for hydroxylation is 1. The van der Waals surface area contributed by atoms with Gasteiger partial charge in [-0.2, -0.15) is 0 Å². The van der Waals surface area contributed by atoms with Crippen molar-refractivity contribution in [2.24, 2.45) is 5.73 Å². The molecule has 1 heterocycles. The van der Waals surface area contributed by atoms with E-state index in [4.69, 9.17) is 5.73 Å². The van der Waals surface area contributed by atoms with Crippen molar-refractivity contribution in [3.05, 3.63) is 12.4 Å². The molecule has 0 radical (unpaired) electrons. The minimum absolute atomic E-state index is 0.759. The molecule has 0 aliphatic rings. The van der Waals surface area contributed by atoms with Crippen LogP contribution in [0.15, 0.2) is 12.4 Å². The van der Waals surface area contributed by atoms with Gasteiger partial charge in [0.15, 0.2) is 0 Å². The summed E-state index contributed by atoms with van der Waals surface area (Å²) in [7, 11) is 0. The van der Waals surface area contributed by atoms with Crippen LogP contribution in [0.3, 0.4) is 0 Å². The van der Waals surface area contributed by atoms with E-state index in [-0.39, 0.29) is 0 Å². The van der Waals surface area contributed by atoms with Crippen LogP contribution in [0.1, 0.15) is 12.8 Å². The smallest absolute Gasteiger partial charge is 0.0692 e. The van der Waals surface area contributed by atoms with Crippen LogP contribution in [0.4, 0.5) is 0 Å². The zero-order chi connectivity index (χ0) is 7.23. The minimum atomic E-state index is 0.759. The SMILES string of the molecule is NCCCCn1ccnn1. The fraction of sp³-hybridized carbons (Fsp3) is 0.667. The average molecular weight is 140 g/mol. The molecule has 0 aliphatic carbocycles. The normalized spacial score (nSPS) is 10.1. The van der Waals surface area contributed by atoms with Crippen molar-refractivity contribution >= 4 is 0 Å². The van der Waals surface area contributed by atoms with Crippen molar-refractivity contribution < 1.29 is 0 Å². The molecule has 1 aromatic rings. The second-order valence-corrected chi connectivity index (χ2v) is 2.16. The van der Waals surface area contributed by atoms with Crippen molar-refractivity contribution in [1.29, 1.82) is 0 Å². The summed E-state index contributed by atoms with van der Waals surface area (Å²) in [6.45, 7) is 1.69. The lowest BCUT2D eigenvalue weighted by atomic mass is 10.3. The lowest BCUT2D eigenvalue weighted by Gasteiger charge is -1.96. The highest BCUT2D eigenvalue weighted by molar-refractivity contribution is 4.63. The number of aromatic nitrogens is 3. The van der Waals surface area contributed by atoms with Gasteiger partial charge in [-0.1, -0.05) is 5.21 Å². The van der Waals surface area contributed by atoms with Gasteiger partial charge in [0, 0.05) is 12.7 Å². The van der Waals surface area contributed by atoms with Crippen molar-refractivity contribution in [2.45, 2.75) is 19.4 Å². The quantitative estimate of drug-likeness (QED) is 0.600. The molecule has 4 nitrogen and oxygen atoms in total. The highest BCUT2D eigenvalue weighted by Crippen LogP contribution is 1.89. The van der Waals surface area contributed by atoms with Gasteiger partial charge < -0.3 is 5.73 Å². The molecule has 0 unspecified atom stereocenters. The maximum atomic E-state index is 5.32. The first-order valence-corrected chi connectivity index (χ1v) is 3.47. The van der Waals surface area contributed by atoms with Gasteiger partial charge in [0.2, 0.25) is 0 Å². The van der Waals surface area contributed by atoms with Crippen LogP contribution in [0.25, 0.3) is 0 Å². The third-order valence-corrected chi connectivity index (χ3v) is 1.31. The van der Waals surface area contributed by atoms with Gasteiger partial charge in [-0.15, -0.1) is 5.10 Å². The summed E-state index contributed by atoms with van der Waals surface area (Å²) in [6, 6.07) is 0. The summed E-state index contributed by atoms with van der Waals surface area (Å²) < 4.78 is 1.82. The molecule has 0 saturated carbocycles. The molecule has 0 aromatic carbocycles. The summed E-state index contributed by atoms with van der Waals surface area (Å²) in [6.07, 6.45) is 5.68. The van der Waals surface area contributed by atoms with E-state index >= 15 is 0 Å². The van der Waals surface area contributed by atoms with Crippen LogP contribution in [-0.4, -0.2) is 21.5 Å². The van der Waals surface area contributed by atoms with E-state index in [0.717, 1.165) is 25.9 Å². The molecular weight excluding hydrogens is 128 g/mol. The zero-order valence-corrected chi connectivity index (χ0v) is 5.90. The van der Waals surface area contributed by atoms with Crippen LogP contribution >= 0.6 is 0 Å². The van der Waals surface area contributed by atoms with E-state index in [1.807, 2.05) is 10.9 Å². The monoisotopic (exact) mass is 140 g/mol. The standard InChI is InChI=1S/C6H12N4/c7-3-1-2-5-10-6-4-8-9-10/h4,6H,1-3,5,7H2. The Morgan fingerprint density at radius 2 is 2.30 bits per heavy atom. The molecular formula is C6H12N4. The number of nitrogens with zero attached hydrogens (tertiary/aromatic N) is 3. The molecule has 10 heavy (non-hydrogen) atoms. The first-order valence-electron chi connectivity index (χ1n) is 3.47. The van der Waals surface area contributed by atoms with Gasteiger partial charge in [-0.25, -0.2) is 0 Å². The molecule has 0 fully saturated rings. The molecule has 0 atom stereocenters. The maximum absolute atomic E-state index is 5.32. The topological polar surface area (TPSA) is 56.7 Å². The number of hydrogen-bond donors (Lipinski definition) is 1. The number of nitrogens with two attached hydrogens (primary N) is 1. The van der Waals surface area contributed by atoms with E-state index < -0.39 is 0 Å². The fourth-order valence-electron chi connectivity index (χ4n) is 0.770. The molecule has 0 spiro atoms. The molecule has 1 aromatic heterocycles. The fourth-order valence-corrected chi connectivity index (χ4v) is 0.770. The molecule has 1 rings (SSSR count). The Hall–Kier alpha value is -0.900. The molecule has 0 bridgehead atoms. The second-order valence-electron chi connectivity index (χ2n) is 2.16. The van der Waals surface area contributed by atoms with Crippen molar-refractivity contribution in [3.8, 4) is 0 Å². The molecule has 0 aliphatic heterocycles. The van der Waals surface area contributed by atoms with E-state index in [1.54, 1.807) is 6.20 Å². The summed E-state index contributed by atoms with van der Waals surface area (Å²) in [5.41, 5.74) is 5.32. The third kappa shape index (κ3) is 2.14. The Balaban J connectivity index is 2.15. The number of unbranched alkanes of at least 4 members (excludes halogenated alkanes) is 1. The van der Waals surface area contributed by atoms with Crippen LogP contribution in [0, 0.1) is 0 Å². The van der Waals surface area contributed by atoms with Gasteiger partial charge in [0.25, 0.3) is 0 Å². The minimum Gasteiger partial charge on any atom is -0.330 e. The van der Waals surface area contributed by atoms with E-state index in [2.05, 4.69) is 10.3 Å².